The quantitative estimate of drug-likeness (QED) is 0.789. The first-order chi connectivity index (χ1) is 7.16. The van der Waals surface area contributed by atoms with Gasteiger partial charge >= 0.3 is 0 Å². The van der Waals surface area contributed by atoms with E-state index in [-0.39, 0.29) is 5.76 Å². The Bertz CT molecular complexity index is 353. The number of piperidine rings is 1. The molecule has 1 aliphatic rings. The summed E-state index contributed by atoms with van der Waals surface area (Å²) in [4.78, 5) is 12.9. The Morgan fingerprint density at radius 3 is 2.80 bits per heavy atom. The molecule has 5 nitrogen and oxygen atoms in total. The Morgan fingerprint density at radius 2 is 2.27 bits per heavy atom. The zero-order valence-electron chi connectivity index (χ0n) is 8.77. The second kappa shape index (κ2) is 3.92. The first-order valence-electron chi connectivity index (χ1n) is 5.18. The summed E-state index contributed by atoms with van der Waals surface area (Å²) < 4.78 is 4.84. The Morgan fingerprint density at radius 1 is 1.60 bits per heavy atom. The molecule has 82 valence electrons. The van der Waals surface area contributed by atoms with Crippen LogP contribution < -0.4 is 10.6 Å². The van der Waals surface area contributed by atoms with E-state index in [1.807, 2.05) is 0 Å². The van der Waals surface area contributed by atoms with Crippen LogP contribution in [0.5, 0.6) is 0 Å². The maximum atomic E-state index is 10.8. The second-order valence-corrected chi connectivity index (χ2v) is 4.08. The summed E-state index contributed by atoms with van der Waals surface area (Å²) in [6, 6.07) is 1.61. The number of aromatic nitrogens is 1. The van der Waals surface area contributed by atoms with E-state index in [0.717, 1.165) is 37.7 Å². The van der Waals surface area contributed by atoms with Crippen molar-refractivity contribution in [3.05, 3.63) is 11.8 Å². The van der Waals surface area contributed by atoms with Crippen LogP contribution in [0.4, 0.5) is 5.82 Å². The average molecular weight is 209 g/mol. The van der Waals surface area contributed by atoms with Gasteiger partial charge < -0.3 is 15.2 Å². The van der Waals surface area contributed by atoms with E-state index < -0.39 is 5.91 Å². The maximum Gasteiger partial charge on any atom is 0.287 e. The predicted octanol–water partition coefficient (Wildman–Crippen LogP) is 1.01. The fourth-order valence-electron chi connectivity index (χ4n) is 1.77. The molecule has 1 fully saturated rings. The molecule has 1 amide bonds. The monoisotopic (exact) mass is 209 g/mol. The number of rotatable bonds is 2. The Labute approximate surface area is 88.2 Å². The van der Waals surface area contributed by atoms with Crippen molar-refractivity contribution in [1.29, 1.82) is 0 Å². The highest BCUT2D eigenvalue weighted by Crippen LogP contribution is 2.22. The summed E-state index contributed by atoms with van der Waals surface area (Å²) in [6.45, 7) is 4.17. The molecular formula is C10H15N3O2. The number of amides is 1. The number of carbonyl (C=O) groups excluding carboxylic acids is 1. The van der Waals surface area contributed by atoms with Gasteiger partial charge in [-0.2, -0.15) is 0 Å². The van der Waals surface area contributed by atoms with Crippen molar-refractivity contribution in [3.63, 3.8) is 0 Å². The minimum absolute atomic E-state index is 0.128. The molecule has 0 atom stereocenters. The molecule has 1 aliphatic heterocycles. The molecule has 0 spiro atoms. The third-order valence-electron chi connectivity index (χ3n) is 2.85. The Balaban J connectivity index is 2.06. The third-order valence-corrected chi connectivity index (χ3v) is 2.85. The average Bonchev–Trinajstić information content (AvgIpc) is 2.68. The molecule has 15 heavy (non-hydrogen) atoms. The van der Waals surface area contributed by atoms with Crippen LogP contribution in [0.2, 0.25) is 0 Å². The number of primary amides is 1. The summed E-state index contributed by atoms with van der Waals surface area (Å²) in [6.07, 6.45) is 2.30. The summed E-state index contributed by atoms with van der Waals surface area (Å²) in [5.41, 5.74) is 5.09. The maximum absolute atomic E-state index is 10.8. The molecule has 0 saturated carbocycles. The van der Waals surface area contributed by atoms with E-state index in [1.165, 1.54) is 0 Å². The van der Waals surface area contributed by atoms with Gasteiger partial charge in [0.15, 0.2) is 5.82 Å². The first kappa shape index (κ1) is 10.0. The molecule has 0 aromatic carbocycles. The van der Waals surface area contributed by atoms with Crippen LogP contribution in [-0.4, -0.2) is 24.2 Å². The molecule has 0 radical (unpaired) electrons. The smallest absolute Gasteiger partial charge is 0.287 e. The summed E-state index contributed by atoms with van der Waals surface area (Å²) in [5.74, 6) is 1.04. The van der Waals surface area contributed by atoms with Crippen molar-refractivity contribution in [3.8, 4) is 0 Å². The third kappa shape index (κ3) is 2.11. The molecule has 2 rings (SSSR count). The number of anilines is 1. The van der Waals surface area contributed by atoms with E-state index in [4.69, 9.17) is 10.3 Å². The highest BCUT2D eigenvalue weighted by molar-refractivity contribution is 5.90. The molecule has 1 saturated heterocycles. The van der Waals surface area contributed by atoms with Crippen molar-refractivity contribution in [2.75, 3.05) is 18.0 Å². The normalized spacial score (nSPS) is 18.1. The fourth-order valence-corrected chi connectivity index (χ4v) is 1.77. The lowest BCUT2D eigenvalue weighted by Crippen LogP contribution is -2.32. The van der Waals surface area contributed by atoms with Gasteiger partial charge in [0.1, 0.15) is 0 Å². The molecule has 2 heterocycles. The van der Waals surface area contributed by atoms with Crippen molar-refractivity contribution >= 4 is 11.7 Å². The van der Waals surface area contributed by atoms with E-state index >= 15 is 0 Å². The largest absolute Gasteiger partial charge is 0.363 e. The zero-order valence-corrected chi connectivity index (χ0v) is 8.77. The number of nitrogens with zero attached hydrogens (tertiary/aromatic N) is 2. The lowest BCUT2D eigenvalue weighted by Gasteiger charge is -2.29. The van der Waals surface area contributed by atoms with Crippen LogP contribution in [0, 0.1) is 5.92 Å². The van der Waals surface area contributed by atoms with Gasteiger partial charge in [0.25, 0.3) is 5.91 Å². The van der Waals surface area contributed by atoms with Crippen molar-refractivity contribution in [2.24, 2.45) is 11.7 Å². The van der Waals surface area contributed by atoms with Crippen LogP contribution in [0.25, 0.3) is 0 Å². The first-order valence-corrected chi connectivity index (χ1v) is 5.18. The molecule has 2 N–H and O–H groups in total. The van der Waals surface area contributed by atoms with Crippen LogP contribution in [0.1, 0.15) is 30.3 Å². The molecule has 0 unspecified atom stereocenters. The highest BCUT2D eigenvalue weighted by atomic mass is 16.5. The van der Waals surface area contributed by atoms with E-state index in [0.29, 0.717) is 0 Å². The van der Waals surface area contributed by atoms with Crippen molar-refractivity contribution in [1.82, 2.24) is 5.16 Å². The van der Waals surface area contributed by atoms with Crippen LogP contribution in [-0.2, 0) is 0 Å². The van der Waals surface area contributed by atoms with Gasteiger partial charge in [0, 0.05) is 19.2 Å². The molecule has 1 aromatic heterocycles. The van der Waals surface area contributed by atoms with E-state index in [1.54, 1.807) is 6.07 Å². The molecule has 5 heteroatoms. The van der Waals surface area contributed by atoms with Crippen molar-refractivity contribution in [2.45, 2.75) is 19.8 Å². The predicted molar refractivity (Wildman–Crippen MR) is 55.6 cm³/mol. The van der Waals surface area contributed by atoms with Crippen LogP contribution >= 0.6 is 0 Å². The van der Waals surface area contributed by atoms with E-state index in [2.05, 4.69) is 17.0 Å². The Kier molecular flexibility index (Phi) is 2.62. The second-order valence-electron chi connectivity index (χ2n) is 4.08. The van der Waals surface area contributed by atoms with Crippen molar-refractivity contribution < 1.29 is 9.32 Å². The summed E-state index contributed by atoms with van der Waals surface area (Å²) >= 11 is 0. The SMILES string of the molecule is CC1CCN(c2cc(C(N)=O)on2)CC1. The fraction of sp³-hybridized carbons (Fsp3) is 0.600. The number of hydrogen-bond acceptors (Lipinski definition) is 4. The highest BCUT2D eigenvalue weighted by Gasteiger charge is 2.19. The molecular weight excluding hydrogens is 194 g/mol. The van der Waals surface area contributed by atoms with Gasteiger partial charge in [-0.15, -0.1) is 0 Å². The van der Waals surface area contributed by atoms with Crippen LogP contribution in [0.3, 0.4) is 0 Å². The number of nitrogens with two attached hydrogens (primary N) is 1. The topological polar surface area (TPSA) is 72.4 Å². The molecule has 0 bridgehead atoms. The van der Waals surface area contributed by atoms with Gasteiger partial charge in [0.2, 0.25) is 5.76 Å². The lowest BCUT2D eigenvalue weighted by atomic mass is 9.99. The van der Waals surface area contributed by atoms with Gasteiger partial charge in [-0.3, -0.25) is 4.79 Å². The molecule has 0 aliphatic carbocycles. The van der Waals surface area contributed by atoms with Gasteiger partial charge in [-0.25, -0.2) is 0 Å². The molecule has 1 aromatic rings. The minimum Gasteiger partial charge on any atom is -0.363 e. The summed E-state index contributed by atoms with van der Waals surface area (Å²) in [5, 5.41) is 3.84. The Hall–Kier alpha value is -1.52. The number of hydrogen-bond donors (Lipinski definition) is 1. The van der Waals surface area contributed by atoms with Crippen LogP contribution in [0.15, 0.2) is 10.6 Å². The number of carbonyl (C=O) groups is 1. The minimum atomic E-state index is -0.570. The standard InChI is InChI=1S/C10H15N3O2/c1-7-2-4-13(5-3-7)9-6-8(10(11)14)15-12-9/h6-7H,2-5H2,1H3,(H2,11,14). The van der Waals surface area contributed by atoms with Gasteiger partial charge in [-0.1, -0.05) is 12.1 Å². The summed E-state index contributed by atoms with van der Waals surface area (Å²) in [7, 11) is 0. The zero-order chi connectivity index (χ0) is 10.8. The van der Waals surface area contributed by atoms with Gasteiger partial charge in [0.05, 0.1) is 0 Å². The van der Waals surface area contributed by atoms with Gasteiger partial charge in [-0.05, 0) is 18.8 Å². The lowest BCUT2D eigenvalue weighted by molar-refractivity contribution is 0.0965. The van der Waals surface area contributed by atoms with E-state index in [9.17, 15) is 4.79 Å².